The summed E-state index contributed by atoms with van der Waals surface area (Å²) in [4.78, 5) is 25.1. The highest BCUT2D eigenvalue weighted by Gasteiger charge is 2.20. The summed E-state index contributed by atoms with van der Waals surface area (Å²) in [6.45, 7) is 7.32. The van der Waals surface area contributed by atoms with Crippen LogP contribution < -0.4 is 20.1 Å². The van der Waals surface area contributed by atoms with E-state index in [2.05, 4.69) is 15.4 Å². The van der Waals surface area contributed by atoms with E-state index in [4.69, 9.17) is 4.74 Å². The lowest BCUT2D eigenvalue weighted by molar-refractivity contribution is 0.0918. The van der Waals surface area contributed by atoms with E-state index in [9.17, 15) is 18.0 Å². The van der Waals surface area contributed by atoms with Crippen LogP contribution in [0.25, 0.3) is 0 Å². The van der Waals surface area contributed by atoms with Crippen LogP contribution in [0.4, 0.5) is 11.4 Å². The summed E-state index contributed by atoms with van der Waals surface area (Å²) < 4.78 is 33.9. The average Bonchev–Trinajstić information content (AvgIpc) is 2.79. The van der Waals surface area contributed by atoms with Crippen molar-refractivity contribution in [3.8, 4) is 5.75 Å². The first-order valence-corrected chi connectivity index (χ1v) is 12.4. The van der Waals surface area contributed by atoms with Gasteiger partial charge in [-0.3, -0.25) is 14.3 Å². The molecule has 3 aromatic carbocycles. The van der Waals surface area contributed by atoms with Gasteiger partial charge in [0, 0.05) is 22.4 Å². The van der Waals surface area contributed by atoms with Gasteiger partial charge in [0.15, 0.2) is 0 Å². The number of anilines is 2. The molecule has 0 fully saturated rings. The van der Waals surface area contributed by atoms with Gasteiger partial charge >= 0.3 is 0 Å². The lowest BCUT2D eigenvalue weighted by Crippen LogP contribution is -2.40. The number of methoxy groups -OCH3 is 1. The number of nitrogens with one attached hydrogen (secondary N) is 3. The van der Waals surface area contributed by atoms with Crippen LogP contribution in [0.3, 0.4) is 0 Å². The van der Waals surface area contributed by atoms with Crippen molar-refractivity contribution in [3.63, 3.8) is 0 Å². The van der Waals surface area contributed by atoms with Crippen LogP contribution in [0.2, 0.25) is 0 Å². The minimum Gasteiger partial charge on any atom is -0.495 e. The first-order chi connectivity index (χ1) is 16.4. The molecular formula is C26H29N3O5S. The predicted molar refractivity (Wildman–Crippen MR) is 137 cm³/mol. The highest BCUT2D eigenvalue weighted by Crippen LogP contribution is 2.28. The number of benzene rings is 3. The summed E-state index contributed by atoms with van der Waals surface area (Å²) in [5, 5.41) is 5.58. The van der Waals surface area contributed by atoms with Gasteiger partial charge in [-0.2, -0.15) is 0 Å². The van der Waals surface area contributed by atoms with Gasteiger partial charge in [-0.15, -0.1) is 0 Å². The molecule has 8 nitrogen and oxygen atoms in total. The fourth-order valence-corrected chi connectivity index (χ4v) is 4.63. The maximum absolute atomic E-state index is 13.1. The Labute approximate surface area is 205 Å². The Morgan fingerprint density at radius 2 is 1.46 bits per heavy atom. The quantitative estimate of drug-likeness (QED) is 0.444. The second kappa shape index (κ2) is 10.2. The van der Waals surface area contributed by atoms with Crippen LogP contribution in [0.5, 0.6) is 5.75 Å². The van der Waals surface area contributed by atoms with Crippen LogP contribution in [-0.2, 0) is 10.0 Å². The fraction of sp³-hybridized carbons (Fsp3) is 0.231. The third-order valence-corrected chi connectivity index (χ3v) is 6.49. The van der Waals surface area contributed by atoms with Crippen LogP contribution in [0, 0.1) is 6.92 Å². The number of carbonyl (C=O) groups excluding carboxylic acids is 2. The Hall–Kier alpha value is -3.85. The van der Waals surface area contributed by atoms with Crippen molar-refractivity contribution in [2.75, 3.05) is 17.1 Å². The topological polar surface area (TPSA) is 114 Å². The highest BCUT2D eigenvalue weighted by atomic mass is 32.2. The number of para-hydroxylation sites is 2. The van der Waals surface area contributed by atoms with Gasteiger partial charge in [0.05, 0.1) is 17.7 Å². The van der Waals surface area contributed by atoms with Crippen molar-refractivity contribution in [1.29, 1.82) is 0 Å². The van der Waals surface area contributed by atoms with Crippen molar-refractivity contribution < 1.29 is 22.7 Å². The molecule has 3 N–H and O–H groups in total. The van der Waals surface area contributed by atoms with E-state index in [1.54, 1.807) is 67.6 Å². The number of sulfonamides is 1. The zero-order chi connectivity index (χ0) is 25.8. The molecule has 0 unspecified atom stereocenters. The number of aryl methyl sites for hydroxylation is 1. The molecule has 0 heterocycles. The van der Waals surface area contributed by atoms with Crippen molar-refractivity contribution in [3.05, 3.63) is 83.4 Å². The lowest BCUT2D eigenvalue weighted by Gasteiger charge is -2.20. The van der Waals surface area contributed by atoms with Gasteiger partial charge in [0.1, 0.15) is 5.75 Å². The summed E-state index contributed by atoms with van der Waals surface area (Å²) in [6.07, 6.45) is 0. The van der Waals surface area contributed by atoms with Gasteiger partial charge in [-0.25, -0.2) is 8.42 Å². The minimum absolute atomic E-state index is 0.0235. The number of ether oxygens (including phenoxy) is 1. The summed E-state index contributed by atoms with van der Waals surface area (Å²) in [7, 11) is -2.50. The summed E-state index contributed by atoms with van der Waals surface area (Å²) in [5.41, 5.74) is 1.52. The van der Waals surface area contributed by atoms with E-state index in [-0.39, 0.29) is 16.3 Å². The number of hydrogen-bond donors (Lipinski definition) is 3. The van der Waals surface area contributed by atoms with E-state index >= 15 is 0 Å². The third kappa shape index (κ3) is 6.60. The number of hydrogen-bond acceptors (Lipinski definition) is 5. The van der Waals surface area contributed by atoms with Crippen molar-refractivity contribution in [2.45, 2.75) is 38.1 Å². The van der Waals surface area contributed by atoms with Crippen LogP contribution in [-0.4, -0.2) is 32.9 Å². The molecule has 0 atom stereocenters. The zero-order valence-corrected chi connectivity index (χ0v) is 21.1. The molecule has 0 saturated heterocycles. The Bertz CT molecular complexity index is 1340. The molecule has 3 rings (SSSR count). The largest absolute Gasteiger partial charge is 0.495 e. The van der Waals surface area contributed by atoms with Crippen LogP contribution in [0.1, 0.15) is 47.1 Å². The SMILES string of the molecule is COc1ccccc1NS(=O)(=O)c1cc(NC(=O)c2ccc(C(=O)NC(C)(C)C)cc2)ccc1C. The number of carbonyl (C=O) groups is 2. The van der Waals surface area contributed by atoms with Gasteiger partial charge < -0.3 is 15.4 Å². The highest BCUT2D eigenvalue weighted by molar-refractivity contribution is 7.92. The van der Waals surface area contributed by atoms with Crippen molar-refractivity contribution in [1.82, 2.24) is 5.32 Å². The van der Waals surface area contributed by atoms with Crippen molar-refractivity contribution in [2.24, 2.45) is 0 Å². The first-order valence-electron chi connectivity index (χ1n) is 10.9. The molecule has 9 heteroatoms. The molecule has 0 aromatic heterocycles. The fourth-order valence-electron chi connectivity index (χ4n) is 3.29. The van der Waals surface area contributed by atoms with Crippen LogP contribution in [0.15, 0.2) is 71.6 Å². The Morgan fingerprint density at radius 1 is 0.857 bits per heavy atom. The molecule has 0 aliphatic heterocycles. The average molecular weight is 496 g/mol. The van der Waals surface area contributed by atoms with Crippen molar-refractivity contribution >= 4 is 33.2 Å². The van der Waals surface area contributed by atoms with Gasteiger partial charge in [-0.05, 0) is 81.8 Å². The normalized spacial score (nSPS) is 11.5. The molecule has 184 valence electrons. The molecule has 35 heavy (non-hydrogen) atoms. The van der Waals surface area contributed by atoms with E-state index in [0.717, 1.165) is 0 Å². The van der Waals surface area contributed by atoms with Gasteiger partial charge in [0.25, 0.3) is 21.8 Å². The minimum atomic E-state index is -3.96. The molecule has 0 aliphatic carbocycles. The molecule has 3 aromatic rings. The number of amides is 2. The maximum atomic E-state index is 13.1. The van der Waals surface area contributed by atoms with E-state index in [0.29, 0.717) is 33.8 Å². The number of rotatable bonds is 7. The summed E-state index contributed by atoms with van der Waals surface area (Å²) in [6, 6.07) is 17.6. The molecule has 0 aliphatic rings. The standard InChI is InChI=1S/C26H29N3O5S/c1-17-10-15-20(16-23(17)35(32,33)29-21-8-6-7-9-22(21)34-5)27-24(30)18-11-13-19(14-12-18)25(31)28-26(2,3)4/h6-16,29H,1-5H3,(H,27,30)(H,28,31). The molecule has 0 radical (unpaired) electrons. The molecule has 0 spiro atoms. The van der Waals surface area contributed by atoms with Gasteiger partial charge in [-0.1, -0.05) is 18.2 Å². The van der Waals surface area contributed by atoms with E-state index in [1.165, 1.54) is 13.2 Å². The Kier molecular flexibility index (Phi) is 7.50. The molecule has 0 saturated carbocycles. The summed E-state index contributed by atoms with van der Waals surface area (Å²) in [5.74, 6) is -0.282. The predicted octanol–water partition coefficient (Wildman–Crippen LogP) is 4.59. The monoisotopic (exact) mass is 495 g/mol. The van der Waals surface area contributed by atoms with E-state index in [1.807, 2.05) is 20.8 Å². The lowest BCUT2D eigenvalue weighted by atomic mass is 10.1. The van der Waals surface area contributed by atoms with Gasteiger partial charge in [0.2, 0.25) is 0 Å². The Morgan fingerprint density at radius 3 is 2.06 bits per heavy atom. The second-order valence-corrected chi connectivity index (χ2v) is 10.7. The first kappa shape index (κ1) is 25.8. The van der Waals surface area contributed by atoms with E-state index < -0.39 is 15.9 Å². The third-order valence-electron chi connectivity index (χ3n) is 4.98. The second-order valence-electron chi connectivity index (χ2n) is 9.02. The molecule has 0 bridgehead atoms. The smallest absolute Gasteiger partial charge is 0.262 e. The zero-order valence-electron chi connectivity index (χ0n) is 20.3. The maximum Gasteiger partial charge on any atom is 0.262 e. The Balaban J connectivity index is 1.78. The van der Waals surface area contributed by atoms with Crippen LogP contribution >= 0.6 is 0 Å². The molecular weight excluding hydrogens is 466 g/mol. The summed E-state index contributed by atoms with van der Waals surface area (Å²) >= 11 is 0. The molecule has 2 amide bonds.